The number of ether oxygens (including phenoxy) is 1. The molecule has 0 bridgehead atoms. The first-order valence-electron chi connectivity index (χ1n) is 12.4. The predicted molar refractivity (Wildman–Crippen MR) is 148 cm³/mol. The molecule has 214 valence electrons. The topological polar surface area (TPSA) is 120 Å². The first kappa shape index (κ1) is 29.1. The number of benzene rings is 1. The second-order valence-corrected chi connectivity index (χ2v) is 10.6. The lowest BCUT2D eigenvalue weighted by atomic mass is 9.89. The minimum atomic E-state index is -4.55. The van der Waals surface area contributed by atoms with Crippen LogP contribution in [0.4, 0.5) is 34.5 Å². The number of halogens is 3. The number of methoxy groups -OCH3 is 1. The predicted octanol–water partition coefficient (Wildman–Crippen LogP) is 4.83. The van der Waals surface area contributed by atoms with Gasteiger partial charge in [0.15, 0.2) is 5.13 Å². The molecule has 14 heteroatoms. The Morgan fingerprint density at radius 3 is 2.75 bits per heavy atom. The number of hydrazine groups is 2. The van der Waals surface area contributed by atoms with Crippen LogP contribution in [0.2, 0.25) is 0 Å². The van der Waals surface area contributed by atoms with Gasteiger partial charge in [-0.3, -0.25) is 15.1 Å². The molecule has 1 aromatic carbocycles. The van der Waals surface area contributed by atoms with E-state index >= 15 is 0 Å². The van der Waals surface area contributed by atoms with Gasteiger partial charge in [0.2, 0.25) is 5.91 Å². The number of nitrogens with zero attached hydrogens (tertiary/aromatic N) is 2. The molecule has 2 amide bonds. The van der Waals surface area contributed by atoms with Crippen LogP contribution in [0, 0.1) is 12.8 Å². The fraction of sp³-hybridized carbons (Fsp3) is 0.346. The van der Waals surface area contributed by atoms with E-state index in [0.717, 1.165) is 22.6 Å². The highest BCUT2D eigenvalue weighted by Crippen LogP contribution is 2.35. The fourth-order valence-electron chi connectivity index (χ4n) is 4.03. The van der Waals surface area contributed by atoms with Crippen molar-refractivity contribution in [3.63, 3.8) is 0 Å². The van der Waals surface area contributed by atoms with E-state index in [9.17, 15) is 22.8 Å². The number of aromatic nitrogens is 1. The van der Waals surface area contributed by atoms with Crippen LogP contribution in [0.5, 0.6) is 0 Å². The van der Waals surface area contributed by atoms with Crippen molar-refractivity contribution in [2.45, 2.75) is 39.4 Å². The maximum Gasteiger partial charge on any atom is 0.416 e. The second-order valence-electron chi connectivity index (χ2n) is 9.55. The van der Waals surface area contributed by atoms with Crippen molar-refractivity contribution in [3.05, 3.63) is 64.3 Å². The molecule has 1 aromatic heterocycles. The lowest BCUT2D eigenvalue weighted by Crippen LogP contribution is -2.36. The molecule has 0 spiro atoms. The van der Waals surface area contributed by atoms with Crippen molar-refractivity contribution in [3.8, 4) is 0 Å². The van der Waals surface area contributed by atoms with Crippen LogP contribution < -0.4 is 31.9 Å². The SMILES string of the molecule is COC(=O)Nc1ncc(C2=CN(c3cc(NC(=O)C4C=C(C(F)(F)F)C=C(CNC(C)C)C4)ccc3C)NN2)s1. The summed E-state index contributed by atoms with van der Waals surface area (Å²) in [5.41, 5.74) is 8.46. The summed E-state index contributed by atoms with van der Waals surface area (Å²) in [6, 6.07) is 5.33. The quantitative estimate of drug-likeness (QED) is 0.303. The molecule has 1 atom stereocenters. The molecule has 0 radical (unpaired) electrons. The zero-order chi connectivity index (χ0) is 29.0. The van der Waals surface area contributed by atoms with Crippen LogP contribution in [0.3, 0.4) is 0 Å². The zero-order valence-electron chi connectivity index (χ0n) is 22.3. The molecule has 10 nitrogen and oxygen atoms in total. The number of hydrogen-bond acceptors (Lipinski definition) is 9. The number of anilines is 3. The minimum Gasteiger partial charge on any atom is -0.453 e. The molecule has 0 saturated heterocycles. The van der Waals surface area contributed by atoms with Gasteiger partial charge in [0, 0.05) is 30.7 Å². The van der Waals surface area contributed by atoms with Crippen LogP contribution in [-0.2, 0) is 9.53 Å². The number of thiazole rings is 1. The maximum absolute atomic E-state index is 13.6. The summed E-state index contributed by atoms with van der Waals surface area (Å²) in [6.45, 7) is 5.97. The molecule has 5 N–H and O–H groups in total. The molecule has 0 saturated carbocycles. The number of carbonyl (C=O) groups excluding carboxylic acids is 2. The number of carbonyl (C=O) groups is 2. The summed E-state index contributed by atoms with van der Waals surface area (Å²) < 4.78 is 45.3. The van der Waals surface area contributed by atoms with E-state index in [2.05, 4.69) is 36.6 Å². The number of alkyl halides is 3. The summed E-state index contributed by atoms with van der Waals surface area (Å²) in [5.74, 6) is -1.49. The monoisotopic (exact) mass is 577 g/mol. The van der Waals surface area contributed by atoms with Crippen LogP contribution >= 0.6 is 11.3 Å². The number of allylic oxidation sites excluding steroid dienone is 2. The Hall–Kier alpha value is -3.88. The molecule has 2 aromatic rings. The molecule has 1 aliphatic carbocycles. The highest BCUT2D eigenvalue weighted by molar-refractivity contribution is 7.16. The number of nitrogens with one attached hydrogen (secondary N) is 5. The normalized spacial score (nSPS) is 17.1. The molecule has 2 heterocycles. The standard InChI is InChI=1S/C26H30F3N7O3S/c1-14(2)30-11-16-7-17(9-18(8-16)26(27,28)29)23(37)32-19-6-5-15(3)21(10-19)36-13-20(34-35-36)22-12-31-24(40-22)33-25(38)39-4/h5-6,8-10,12-14,17,30,34-35H,7,11H2,1-4H3,(H,32,37)(H,31,33,38). The third-order valence-corrected chi connectivity index (χ3v) is 7.04. The van der Waals surface area contributed by atoms with Gasteiger partial charge in [0.05, 0.1) is 34.9 Å². The van der Waals surface area contributed by atoms with Gasteiger partial charge in [-0.05, 0) is 37.1 Å². The Kier molecular flexibility index (Phi) is 8.81. The fourth-order valence-corrected chi connectivity index (χ4v) is 4.80. The van der Waals surface area contributed by atoms with E-state index < -0.39 is 29.7 Å². The van der Waals surface area contributed by atoms with Crippen molar-refractivity contribution < 1.29 is 27.5 Å². The Labute approximate surface area is 233 Å². The number of hydrogen-bond donors (Lipinski definition) is 5. The number of amides is 2. The molecule has 0 fully saturated rings. The minimum absolute atomic E-state index is 0.0947. The van der Waals surface area contributed by atoms with Gasteiger partial charge in [0.25, 0.3) is 0 Å². The third-order valence-electron chi connectivity index (χ3n) is 6.09. The van der Waals surface area contributed by atoms with E-state index in [4.69, 9.17) is 0 Å². The van der Waals surface area contributed by atoms with Crippen molar-refractivity contribution in [2.24, 2.45) is 5.92 Å². The van der Waals surface area contributed by atoms with Crippen molar-refractivity contribution in [1.29, 1.82) is 0 Å². The van der Waals surface area contributed by atoms with Crippen LogP contribution in [0.25, 0.3) is 5.70 Å². The van der Waals surface area contributed by atoms with Crippen LogP contribution in [0.1, 0.15) is 30.7 Å². The average molecular weight is 578 g/mol. The van der Waals surface area contributed by atoms with E-state index in [0.29, 0.717) is 27.8 Å². The number of rotatable bonds is 8. The van der Waals surface area contributed by atoms with Gasteiger partial charge in [-0.2, -0.15) is 13.2 Å². The van der Waals surface area contributed by atoms with E-state index in [1.54, 1.807) is 35.6 Å². The smallest absolute Gasteiger partial charge is 0.416 e. The van der Waals surface area contributed by atoms with Gasteiger partial charge in [-0.15, -0.1) is 5.53 Å². The Morgan fingerprint density at radius 2 is 2.05 bits per heavy atom. The van der Waals surface area contributed by atoms with Crippen molar-refractivity contribution >= 4 is 45.5 Å². The van der Waals surface area contributed by atoms with Gasteiger partial charge in [-0.25, -0.2) is 9.78 Å². The highest BCUT2D eigenvalue weighted by Gasteiger charge is 2.36. The summed E-state index contributed by atoms with van der Waals surface area (Å²) in [7, 11) is 1.26. The van der Waals surface area contributed by atoms with Crippen molar-refractivity contribution in [2.75, 3.05) is 29.3 Å². The molecule has 2 aliphatic rings. The molecule has 4 rings (SSSR count). The van der Waals surface area contributed by atoms with Gasteiger partial charge in [0.1, 0.15) is 0 Å². The van der Waals surface area contributed by atoms with E-state index in [1.807, 2.05) is 20.8 Å². The Balaban J connectivity index is 1.48. The molecule has 1 aliphatic heterocycles. The van der Waals surface area contributed by atoms with Crippen LogP contribution in [-0.4, -0.2) is 42.9 Å². The second kappa shape index (κ2) is 12.1. The molecule has 40 heavy (non-hydrogen) atoms. The highest BCUT2D eigenvalue weighted by atomic mass is 32.1. The molecule has 1 unspecified atom stereocenters. The van der Waals surface area contributed by atoms with Gasteiger partial charge in [-0.1, -0.05) is 42.9 Å². The first-order chi connectivity index (χ1) is 18.9. The lowest BCUT2D eigenvalue weighted by Gasteiger charge is -2.24. The largest absolute Gasteiger partial charge is 0.453 e. The summed E-state index contributed by atoms with van der Waals surface area (Å²) >= 11 is 1.24. The van der Waals surface area contributed by atoms with E-state index in [1.165, 1.54) is 18.4 Å². The Morgan fingerprint density at radius 1 is 1.27 bits per heavy atom. The molecular weight excluding hydrogens is 547 g/mol. The Bertz CT molecular complexity index is 1370. The van der Waals surface area contributed by atoms with Crippen molar-refractivity contribution in [1.82, 2.24) is 21.3 Å². The summed E-state index contributed by atoms with van der Waals surface area (Å²) in [4.78, 5) is 29.4. The van der Waals surface area contributed by atoms with Crippen LogP contribution in [0.15, 0.2) is 53.9 Å². The number of aryl methyl sites for hydroxylation is 1. The first-order valence-corrected chi connectivity index (χ1v) is 13.2. The zero-order valence-corrected chi connectivity index (χ0v) is 23.1. The average Bonchev–Trinajstić information content (AvgIpc) is 3.57. The summed E-state index contributed by atoms with van der Waals surface area (Å²) in [6.07, 6.45) is 0.499. The molecular formula is C26H30F3N7O3S. The summed E-state index contributed by atoms with van der Waals surface area (Å²) in [5, 5.41) is 10.5. The van der Waals surface area contributed by atoms with Gasteiger partial charge < -0.3 is 20.8 Å². The lowest BCUT2D eigenvalue weighted by molar-refractivity contribution is -0.118. The van der Waals surface area contributed by atoms with E-state index in [-0.39, 0.29) is 19.0 Å². The third kappa shape index (κ3) is 7.20. The maximum atomic E-state index is 13.6. The van der Waals surface area contributed by atoms with Gasteiger partial charge >= 0.3 is 12.3 Å².